The topological polar surface area (TPSA) is 90.2 Å². The molecule has 3 rings (SSSR count). The number of para-hydroxylation sites is 1. The van der Waals surface area contributed by atoms with Crippen molar-refractivity contribution in [1.29, 1.82) is 0 Å². The third-order valence-corrected chi connectivity index (χ3v) is 3.98. The van der Waals surface area contributed by atoms with Gasteiger partial charge in [0.05, 0.1) is 11.6 Å². The van der Waals surface area contributed by atoms with E-state index in [4.69, 9.17) is 11.5 Å². The number of nitrogen functional groups attached to an aromatic ring is 1. The number of amides is 1. The fourth-order valence-electron chi connectivity index (χ4n) is 2.89. The number of carbonyl (C=O) groups is 1. The lowest BCUT2D eigenvalue weighted by atomic mass is 10.0. The minimum Gasteiger partial charge on any atom is -0.382 e. The van der Waals surface area contributed by atoms with Gasteiger partial charge in [0.25, 0.3) is 5.91 Å². The van der Waals surface area contributed by atoms with Gasteiger partial charge in [0.1, 0.15) is 5.82 Å². The second-order valence-corrected chi connectivity index (χ2v) is 5.32. The first-order valence-corrected chi connectivity index (χ1v) is 7.09. The van der Waals surface area contributed by atoms with Crippen LogP contribution in [-0.4, -0.2) is 28.8 Å². The van der Waals surface area contributed by atoms with Gasteiger partial charge in [-0.1, -0.05) is 12.1 Å². The summed E-state index contributed by atoms with van der Waals surface area (Å²) in [5, 5.41) is 4.28. The highest BCUT2D eigenvalue weighted by atomic mass is 16.1. The zero-order chi connectivity index (χ0) is 14.8. The Bertz CT molecular complexity index is 643. The molecule has 1 aromatic carbocycles. The Labute approximate surface area is 123 Å². The van der Waals surface area contributed by atoms with Gasteiger partial charge in [-0.3, -0.25) is 9.48 Å². The smallest absolute Gasteiger partial charge is 0.250 e. The number of nitrogens with zero attached hydrogens (tertiary/aromatic N) is 3. The Morgan fingerprint density at radius 2 is 1.90 bits per heavy atom. The Hall–Kier alpha value is -2.50. The molecule has 4 N–H and O–H groups in total. The Balaban J connectivity index is 1.73. The zero-order valence-corrected chi connectivity index (χ0v) is 11.8. The van der Waals surface area contributed by atoms with Gasteiger partial charge in [0.15, 0.2) is 0 Å². The molecule has 1 saturated heterocycles. The summed E-state index contributed by atoms with van der Waals surface area (Å²) in [6.45, 7) is 1.74. The minimum absolute atomic E-state index is 0.360. The Morgan fingerprint density at radius 1 is 1.19 bits per heavy atom. The van der Waals surface area contributed by atoms with Crippen molar-refractivity contribution in [3.05, 3.63) is 42.1 Å². The van der Waals surface area contributed by atoms with Crippen LogP contribution in [0.4, 0.5) is 11.5 Å². The maximum absolute atomic E-state index is 11.5. The fourth-order valence-corrected chi connectivity index (χ4v) is 2.89. The van der Waals surface area contributed by atoms with Crippen molar-refractivity contribution >= 4 is 17.4 Å². The molecule has 0 bridgehead atoms. The largest absolute Gasteiger partial charge is 0.382 e. The van der Waals surface area contributed by atoms with Gasteiger partial charge in [-0.2, -0.15) is 5.10 Å². The first-order valence-electron chi connectivity index (χ1n) is 7.09. The molecule has 0 radical (unpaired) electrons. The monoisotopic (exact) mass is 285 g/mol. The molecule has 110 valence electrons. The van der Waals surface area contributed by atoms with E-state index in [1.165, 1.54) is 0 Å². The molecule has 1 aromatic heterocycles. The van der Waals surface area contributed by atoms with Crippen molar-refractivity contribution in [3.8, 4) is 0 Å². The second kappa shape index (κ2) is 5.47. The predicted molar refractivity (Wildman–Crippen MR) is 82.1 cm³/mol. The number of anilines is 2. The molecular weight excluding hydrogens is 266 g/mol. The van der Waals surface area contributed by atoms with Crippen molar-refractivity contribution in [3.63, 3.8) is 0 Å². The number of nitrogens with two attached hydrogens (primary N) is 2. The predicted octanol–water partition coefficient (Wildman–Crippen LogP) is 1.41. The highest BCUT2D eigenvalue weighted by molar-refractivity contribution is 5.98. The van der Waals surface area contributed by atoms with Crippen LogP contribution in [0.25, 0.3) is 0 Å². The van der Waals surface area contributed by atoms with E-state index in [9.17, 15) is 4.79 Å². The fraction of sp³-hybridized carbons (Fsp3) is 0.333. The van der Waals surface area contributed by atoms with Gasteiger partial charge in [0, 0.05) is 25.0 Å². The number of piperidine rings is 1. The zero-order valence-electron chi connectivity index (χ0n) is 11.8. The molecule has 6 nitrogen and oxygen atoms in total. The van der Waals surface area contributed by atoms with E-state index < -0.39 is 0 Å². The molecule has 1 aliphatic rings. The third-order valence-electron chi connectivity index (χ3n) is 3.98. The molecule has 0 atom stereocenters. The van der Waals surface area contributed by atoms with Crippen molar-refractivity contribution in [2.45, 2.75) is 18.9 Å². The number of hydrogen-bond acceptors (Lipinski definition) is 4. The number of aromatic nitrogens is 2. The molecule has 6 heteroatoms. The summed E-state index contributed by atoms with van der Waals surface area (Å²) in [6.07, 6.45) is 3.86. The molecule has 1 fully saturated rings. The average Bonchev–Trinajstić information content (AvgIpc) is 2.94. The van der Waals surface area contributed by atoms with Crippen LogP contribution < -0.4 is 16.4 Å². The standard InChI is InChI=1S/C15H19N5O/c16-14-7-10-20(18-14)11-5-8-19(9-6-11)13-4-2-1-3-12(13)15(17)21/h1-4,7,10-11H,5-6,8-9H2,(H2,16,18)(H2,17,21). The van der Waals surface area contributed by atoms with E-state index >= 15 is 0 Å². The third kappa shape index (κ3) is 2.69. The molecular formula is C15H19N5O. The van der Waals surface area contributed by atoms with Crippen LogP contribution in [0, 0.1) is 0 Å². The lowest BCUT2D eigenvalue weighted by molar-refractivity contribution is 0.100. The molecule has 2 aromatic rings. The number of primary amides is 1. The van der Waals surface area contributed by atoms with E-state index in [1.807, 2.05) is 35.1 Å². The van der Waals surface area contributed by atoms with Crippen LogP contribution in [0.3, 0.4) is 0 Å². The normalized spacial score (nSPS) is 16.1. The molecule has 0 unspecified atom stereocenters. The summed E-state index contributed by atoms with van der Waals surface area (Å²) in [5.74, 6) is 0.170. The molecule has 0 saturated carbocycles. The summed E-state index contributed by atoms with van der Waals surface area (Å²) in [6, 6.07) is 9.67. The quantitative estimate of drug-likeness (QED) is 0.892. The Kier molecular flexibility index (Phi) is 3.51. The van der Waals surface area contributed by atoms with Gasteiger partial charge in [0.2, 0.25) is 0 Å². The number of benzene rings is 1. The lowest BCUT2D eigenvalue weighted by Crippen LogP contribution is -2.36. The van der Waals surface area contributed by atoms with Crippen molar-refractivity contribution in [1.82, 2.24) is 9.78 Å². The van der Waals surface area contributed by atoms with Gasteiger partial charge in [-0.25, -0.2) is 0 Å². The van der Waals surface area contributed by atoms with Gasteiger partial charge < -0.3 is 16.4 Å². The van der Waals surface area contributed by atoms with E-state index in [0.29, 0.717) is 17.4 Å². The molecule has 2 heterocycles. The van der Waals surface area contributed by atoms with Crippen molar-refractivity contribution < 1.29 is 4.79 Å². The van der Waals surface area contributed by atoms with Crippen molar-refractivity contribution in [2.24, 2.45) is 5.73 Å². The van der Waals surface area contributed by atoms with Crippen LogP contribution in [0.5, 0.6) is 0 Å². The first kappa shape index (κ1) is 13.5. The molecule has 1 aliphatic heterocycles. The highest BCUT2D eigenvalue weighted by Crippen LogP contribution is 2.28. The summed E-state index contributed by atoms with van der Waals surface area (Å²) >= 11 is 0. The highest BCUT2D eigenvalue weighted by Gasteiger charge is 2.23. The summed E-state index contributed by atoms with van der Waals surface area (Å²) in [7, 11) is 0. The maximum atomic E-state index is 11.5. The van der Waals surface area contributed by atoms with Gasteiger partial charge in [-0.05, 0) is 31.0 Å². The summed E-state index contributed by atoms with van der Waals surface area (Å²) < 4.78 is 1.94. The van der Waals surface area contributed by atoms with E-state index in [0.717, 1.165) is 31.6 Å². The first-order chi connectivity index (χ1) is 10.1. The minimum atomic E-state index is -0.382. The lowest BCUT2D eigenvalue weighted by Gasteiger charge is -2.34. The molecule has 0 aliphatic carbocycles. The van der Waals surface area contributed by atoms with Gasteiger partial charge in [-0.15, -0.1) is 0 Å². The second-order valence-electron chi connectivity index (χ2n) is 5.32. The average molecular weight is 285 g/mol. The number of hydrogen-bond donors (Lipinski definition) is 2. The van der Waals surface area contributed by atoms with E-state index in [1.54, 1.807) is 6.07 Å². The Morgan fingerprint density at radius 3 is 2.52 bits per heavy atom. The summed E-state index contributed by atoms with van der Waals surface area (Å²) in [4.78, 5) is 13.7. The number of rotatable bonds is 3. The van der Waals surface area contributed by atoms with E-state index in [-0.39, 0.29) is 5.91 Å². The van der Waals surface area contributed by atoms with Crippen LogP contribution in [0.1, 0.15) is 29.2 Å². The van der Waals surface area contributed by atoms with Crippen LogP contribution in [0.2, 0.25) is 0 Å². The van der Waals surface area contributed by atoms with E-state index in [2.05, 4.69) is 10.00 Å². The number of carbonyl (C=O) groups excluding carboxylic acids is 1. The summed E-state index contributed by atoms with van der Waals surface area (Å²) in [5.41, 5.74) is 12.6. The van der Waals surface area contributed by atoms with Gasteiger partial charge >= 0.3 is 0 Å². The van der Waals surface area contributed by atoms with Crippen LogP contribution in [0.15, 0.2) is 36.5 Å². The molecule has 0 spiro atoms. The molecule has 21 heavy (non-hydrogen) atoms. The molecule has 1 amide bonds. The SMILES string of the molecule is NC(=O)c1ccccc1N1CCC(n2ccc(N)n2)CC1. The van der Waals surface area contributed by atoms with Crippen LogP contribution in [-0.2, 0) is 0 Å². The maximum Gasteiger partial charge on any atom is 0.250 e. The van der Waals surface area contributed by atoms with Crippen LogP contribution >= 0.6 is 0 Å². The van der Waals surface area contributed by atoms with Crippen molar-refractivity contribution in [2.75, 3.05) is 23.7 Å².